The summed E-state index contributed by atoms with van der Waals surface area (Å²) in [6, 6.07) is 8.06. The molecule has 4 heterocycles. The summed E-state index contributed by atoms with van der Waals surface area (Å²) in [5.74, 6) is -0.524. The van der Waals surface area contributed by atoms with Gasteiger partial charge in [-0.2, -0.15) is 0 Å². The quantitative estimate of drug-likeness (QED) is 0.401. The van der Waals surface area contributed by atoms with Crippen LogP contribution in [-0.4, -0.2) is 74.9 Å². The van der Waals surface area contributed by atoms with E-state index in [2.05, 4.69) is 43.0 Å². The van der Waals surface area contributed by atoms with Crippen LogP contribution in [0.1, 0.15) is 56.4 Å². The number of urea groups is 1. The van der Waals surface area contributed by atoms with E-state index in [1.165, 1.54) is 23.9 Å². The second-order valence-electron chi connectivity index (χ2n) is 11.4. The Hall–Kier alpha value is -3.81. The van der Waals surface area contributed by atoms with E-state index in [9.17, 15) is 9.59 Å². The summed E-state index contributed by atoms with van der Waals surface area (Å²) in [4.78, 5) is 38.2. The monoisotopic (exact) mass is 577 g/mol. The minimum absolute atomic E-state index is 0.00829. The number of anilines is 1. The first-order valence-electron chi connectivity index (χ1n) is 14.8. The van der Waals surface area contributed by atoms with Crippen LogP contribution in [0.2, 0.25) is 0 Å². The molecular formula is C29H35N7O6. The minimum Gasteiger partial charge on any atom is -0.447 e. The zero-order valence-corrected chi connectivity index (χ0v) is 23.5. The van der Waals surface area contributed by atoms with Gasteiger partial charge in [0.1, 0.15) is 31.2 Å². The first-order valence-corrected chi connectivity index (χ1v) is 14.8. The molecule has 3 fully saturated rings. The van der Waals surface area contributed by atoms with E-state index < -0.39 is 36.4 Å². The van der Waals surface area contributed by atoms with E-state index in [0.29, 0.717) is 36.4 Å². The third kappa shape index (κ3) is 5.05. The van der Waals surface area contributed by atoms with E-state index in [0.717, 1.165) is 25.7 Å². The number of alkyl carbamates (subject to hydrolysis) is 1. The van der Waals surface area contributed by atoms with Crippen LogP contribution < -0.4 is 16.0 Å². The number of carbonyl (C=O) groups is 2. The Balaban J connectivity index is 1.14. The van der Waals surface area contributed by atoms with Crippen LogP contribution in [0.5, 0.6) is 0 Å². The molecule has 2 aromatic heterocycles. The largest absolute Gasteiger partial charge is 0.447 e. The SMILES string of the molecule is CCNC(=O)OC[C@H]1O[C@@H](n2cnc3c(NC(=O)NC4CCCCC4)ncnc32)[C@@H]2OC3(Cc4ccccc4C3)O[C@@H]21. The number of fused-ring (bicyclic) bond motifs is 3. The fourth-order valence-electron chi connectivity index (χ4n) is 6.63. The Morgan fingerprint density at radius 1 is 1.05 bits per heavy atom. The average molecular weight is 578 g/mol. The van der Waals surface area contributed by atoms with Crippen LogP contribution in [-0.2, 0) is 31.8 Å². The molecule has 1 saturated carbocycles. The maximum atomic E-state index is 12.8. The van der Waals surface area contributed by atoms with Crippen LogP contribution >= 0.6 is 0 Å². The summed E-state index contributed by atoms with van der Waals surface area (Å²) in [5, 5.41) is 8.53. The number of amides is 3. The first kappa shape index (κ1) is 27.0. The molecule has 2 saturated heterocycles. The molecule has 0 unspecified atom stereocenters. The number of nitrogens with zero attached hydrogens (tertiary/aromatic N) is 4. The van der Waals surface area contributed by atoms with Crippen molar-refractivity contribution in [3.8, 4) is 0 Å². The highest BCUT2D eigenvalue weighted by molar-refractivity contribution is 5.96. The van der Waals surface area contributed by atoms with Gasteiger partial charge in [-0.1, -0.05) is 43.5 Å². The molecule has 0 bridgehead atoms. The molecule has 4 aliphatic rings. The smallest absolute Gasteiger partial charge is 0.407 e. The van der Waals surface area contributed by atoms with Crippen molar-refractivity contribution in [3.63, 3.8) is 0 Å². The van der Waals surface area contributed by atoms with E-state index in [-0.39, 0.29) is 18.7 Å². The minimum atomic E-state index is -0.833. The van der Waals surface area contributed by atoms with E-state index >= 15 is 0 Å². The molecular weight excluding hydrogens is 542 g/mol. The molecule has 3 amide bonds. The van der Waals surface area contributed by atoms with Gasteiger partial charge in [0.25, 0.3) is 0 Å². The van der Waals surface area contributed by atoms with Gasteiger partial charge in [-0.05, 0) is 30.9 Å². The number of imidazole rings is 1. The zero-order valence-electron chi connectivity index (χ0n) is 23.5. The number of hydrogen-bond donors (Lipinski definition) is 3. The van der Waals surface area contributed by atoms with E-state index in [4.69, 9.17) is 18.9 Å². The maximum Gasteiger partial charge on any atom is 0.407 e. The van der Waals surface area contributed by atoms with E-state index in [1.54, 1.807) is 10.9 Å². The van der Waals surface area contributed by atoms with Gasteiger partial charge in [0.2, 0.25) is 0 Å². The van der Waals surface area contributed by atoms with Crippen LogP contribution in [0.25, 0.3) is 11.2 Å². The van der Waals surface area contributed by atoms with Crippen molar-refractivity contribution < 1.29 is 28.5 Å². The molecule has 222 valence electrons. The Bertz CT molecular complexity index is 1450. The van der Waals surface area contributed by atoms with Gasteiger partial charge in [0.05, 0.1) is 6.33 Å². The molecule has 1 spiro atoms. The highest BCUT2D eigenvalue weighted by atomic mass is 16.8. The summed E-state index contributed by atoms with van der Waals surface area (Å²) in [5.41, 5.74) is 3.29. The van der Waals surface area contributed by atoms with Crippen LogP contribution in [0.4, 0.5) is 15.4 Å². The molecule has 3 aromatic rings. The Morgan fingerprint density at radius 2 is 1.81 bits per heavy atom. The molecule has 7 rings (SSSR count). The van der Waals surface area contributed by atoms with E-state index in [1.807, 2.05) is 19.1 Å². The van der Waals surface area contributed by atoms with Crippen molar-refractivity contribution in [1.82, 2.24) is 30.2 Å². The summed E-state index contributed by atoms with van der Waals surface area (Å²) in [6.07, 6.45) is 6.85. The van der Waals surface area contributed by atoms with Gasteiger partial charge in [-0.25, -0.2) is 24.5 Å². The van der Waals surface area contributed by atoms with Crippen molar-refractivity contribution in [1.29, 1.82) is 0 Å². The summed E-state index contributed by atoms with van der Waals surface area (Å²) >= 11 is 0. The molecule has 1 aromatic carbocycles. The van der Waals surface area contributed by atoms with Gasteiger partial charge in [-0.15, -0.1) is 0 Å². The molecule has 42 heavy (non-hydrogen) atoms. The number of aromatic nitrogens is 4. The first-order chi connectivity index (χ1) is 20.5. The summed E-state index contributed by atoms with van der Waals surface area (Å²) < 4.78 is 27.0. The second kappa shape index (κ2) is 11.1. The normalized spacial score (nSPS) is 26.2. The summed E-state index contributed by atoms with van der Waals surface area (Å²) in [6.45, 7) is 2.27. The number of carbonyl (C=O) groups excluding carboxylic acids is 2. The number of nitrogens with one attached hydrogen (secondary N) is 3. The molecule has 2 aliphatic carbocycles. The van der Waals surface area contributed by atoms with Crippen molar-refractivity contribution in [2.24, 2.45) is 0 Å². The lowest BCUT2D eigenvalue weighted by atomic mass is 9.96. The Morgan fingerprint density at radius 3 is 2.57 bits per heavy atom. The topological polar surface area (TPSA) is 151 Å². The molecule has 13 heteroatoms. The third-order valence-electron chi connectivity index (χ3n) is 8.53. The lowest BCUT2D eigenvalue weighted by Crippen LogP contribution is -2.39. The Kier molecular flexibility index (Phi) is 7.16. The lowest BCUT2D eigenvalue weighted by Gasteiger charge is -2.27. The highest BCUT2D eigenvalue weighted by Crippen LogP contribution is 2.49. The van der Waals surface area contributed by atoms with Crippen molar-refractivity contribution in [2.45, 2.75) is 88.2 Å². The van der Waals surface area contributed by atoms with Crippen LogP contribution in [0.3, 0.4) is 0 Å². The third-order valence-corrected chi connectivity index (χ3v) is 8.53. The Labute approximate surface area is 242 Å². The molecule has 13 nitrogen and oxygen atoms in total. The fraction of sp³-hybridized carbons (Fsp3) is 0.552. The fourth-order valence-corrected chi connectivity index (χ4v) is 6.63. The number of ether oxygens (including phenoxy) is 4. The zero-order chi connectivity index (χ0) is 28.7. The molecule has 2 aliphatic heterocycles. The maximum absolute atomic E-state index is 12.8. The highest BCUT2D eigenvalue weighted by Gasteiger charge is 2.60. The predicted molar refractivity (Wildman–Crippen MR) is 150 cm³/mol. The number of rotatable bonds is 6. The van der Waals surface area contributed by atoms with Crippen molar-refractivity contribution in [2.75, 3.05) is 18.5 Å². The van der Waals surface area contributed by atoms with Crippen LogP contribution in [0, 0.1) is 0 Å². The van der Waals surface area contributed by atoms with Gasteiger partial charge in [0.15, 0.2) is 29.0 Å². The van der Waals surface area contributed by atoms with Gasteiger partial charge < -0.3 is 29.6 Å². The van der Waals surface area contributed by atoms with Gasteiger partial charge in [0, 0.05) is 25.4 Å². The predicted octanol–water partition coefficient (Wildman–Crippen LogP) is 3.20. The average Bonchev–Trinajstić information content (AvgIpc) is 3.74. The van der Waals surface area contributed by atoms with Gasteiger partial charge >= 0.3 is 12.1 Å². The van der Waals surface area contributed by atoms with Crippen LogP contribution in [0.15, 0.2) is 36.9 Å². The second-order valence-corrected chi connectivity index (χ2v) is 11.4. The molecule has 3 N–H and O–H groups in total. The standard InChI is InChI=1S/C29H35N7O6/c1-2-30-28(38)39-14-20-22-23(42-29(41-22)12-17-8-6-7-9-18(17)13-29)26(40-20)36-16-33-21-24(31-15-32-25(21)36)35-27(37)34-19-10-4-3-5-11-19/h6-9,15-16,19-20,22-23,26H,2-5,10-14H2,1H3,(H,30,38)(H2,31,32,34,35,37)/t20-,22-,23-,26-/m1/s1. The van der Waals surface area contributed by atoms with Gasteiger partial charge in [-0.3, -0.25) is 9.88 Å². The summed E-state index contributed by atoms with van der Waals surface area (Å²) in [7, 11) is 0. The number of hydrogen-bond acceptors (Lipinski definition) is 9. The number of benzene rings is 1. The lowest BCUT2D eigenvalue weighted by molar-refractivity contribution is -0.213. The van der Waals surface area contributed by atoms with Crippen molar-refractivity contribution >= 4 is 29.1 Å². The molecule has 0 radical (unpaired) electrons. The van der Waals surface area contributed by atoms with Crippen molar-refractivity contribution in [3.05, 3.63) is 48.0 Å². The molecule has 4 atom stereocenters.